The van der Waals surface area contributed by atoms with Crippen LogP contribution < -0.4 is 4.90 Å². The second-order valence-corrected chi connectivity index (χ2v) is 5.99. The van der Waals surface area contributed by atoms with Crippen molar-refractivity contribution in [1.82, 2.24) is 4.90 Å². The molecule has 1 aromatic rings. The van der Waals surface area contributed by atoms with Crippen LogP contribution in [0.1, 0.15) is 44.1 Å². The number of rotatable bonds is 2. The minimum absolute atomic E-state index is 0.162. The van der Waals surface area contributed by atoms with Gasteiger partial charge in [-0.15, -0.1) is 0 Å². The highest BCUT2D eigenvalue weighted by molar-refractivity contribution is 6.07. The molecule has 118 valence electrons. The number of likely N-dealkylation sites (tertiary alicyclic amines) is 1. The van der Waals surface area contributed by atoms with Gasteiger partial charge in [0.05, 0.1) is 5.69 Å². The molecule has 2 heterocycles. The number of anilines is 1. The number of hydrogen-bond donors (Lipinski definition) is 1. The number of amides is 1. The van der Waals surface area contributed by atoms with Gasteiger partial charge in [-0.25, -0.2) is 0 Å². The monoisotopic (exact) mass is 301 g/mol. The number of benzene rings is 1. The molecule has 5 heteroatoms. The first kappa shape index (κ1) is 14.9. The van der Waals surface area contributed by atoms with Crippen molar-refractivity contribution in [3.8, 4) is 0 Å². The molecule has 0 bridgehead atoms. The summed E-state index contributed by atoms with van der Waals surface area (Å²) >= 11 is 0. The molecule has 0 radical (unpaired) electrons. The Bertz CT molecular complexity index is 565. The van der Waals surface area contributed by atoms with Crippen molar-refractivity contribution in [3.05, 3.63) is 29.8 Å². The average molecular weight is 301 g/mol. The van der Waals surface area contributed by atoms with E-state index in [1.165, 1.54) is 6.42 Å². The van der Waals surface area contributed by atoms with E-state index < -0.39 is 0 Å². The largest absolute Gasteiger partial charge is 0.409 e. The van der Waals surface area contributed by atoms with Crippen molar-refractivity contribution >= 4 is 17.4 Å². The topological polar surface area (TPSA) is 56.1 Å². The summed E-state index contributed by atoms with van der Waals surface area (Å²) < 4.78 is 0. The first-order valence-electron chi connectivity index (χ1n) is 8.18. The standard InChI is InChI=1S/C17H23N3O2/c21-16-10-4-7-13-20(16)15-9-3-2-8-14(15)17(18-22)19-11-5-1-6-12-19/h2-3,8-9,22H,1,4-7,10-13H2/b18-17-. The summed E-state index contributed by atoms with van der Waals surface area (Å²) in [6.45, 7) is 2.55. The maximum Gasteiger partial charge on any atom is 0.226 e. The van der Waals surface area contributed by atoms with Gasteiger partial charge in [0.2, 0.25) is 5.91 Å². The third kappa shape index (κ3) is 2.93. The van der Waals surface area contributed by atoms with Crippen molar-refractivity contribution in [1.29, 1.82) is 0 Å². The predicted molar refractivity (Wildman–Crippen MR) is 86.4 cm³/mol. The molecule has 22 heavy (non-hydrogen) atoms. The summed E-state index contributed by atoms with van der Waals surface area (Å²) in [5, 5.41) is 13.1. The highest BCUT2D eigenvalue weighted by atomic mass is 16.4. The van der Waals surface area contributed by atoms with Gasteiger partial charge in [0.1, 0.15) is 0 Å². The molecule has 2 fully saturated rings. The number of carbonyl (C=O) groups excluding carboxylic acids is 1. The van der Waals surface area contributed by atoms with Crippen molar-refractivity contribution in [3.63, 3.8) is 0 Å². The second kappa shape index (κ2) is 6.81. The Morgan fingerprint density at radius 1 is 1.00 bits per heavy atom. The number of carbonyl (C=O) groups is 1. The van der Waals surface area contributed by atoms with Crippen LogP contribution in [0.2, 0.25) is 0 Å². The van der Waals surface area contributed by atoms with Gasteiger partial charge in [0.15, 0.2) is 5.84 Å². The van der Waals surface area contributed by atoms with E-state index in [1.54, 1.807) is 0 Å². The first-order valence-corrected chi connectivity index (χ1v) is 8.18. The van der Waals surface area contributed by atoms with E-state index in [2.05, 4.69) is 10.1 Å². The van der Waals surface area contributed by atoms with Crippen molar-refractivity contribution in [2.45, 2.75) is 38.5 Å². The number of para-hydroxylation sites is 1. The molecule has 2 aliphatic rings. The summed E-state index contributed by atoms with van der Waals surface area (Å²) in [4.78, 5) is 16.2. The van der Waals surface area contributed by atoms with Gasteiger partial charge in [-0.1, -0.05) is 17.3 Å². The molecule has 3 rings (SSSR count). The highest BCUT2D eigenvalue weighted by Crippen LogP contribution is 2.27. The molecular formula is C17H23N3O2. The number of nitrogens with zero attached hydrogens (tertiary/aromatic N) is 3. The molecule has 0 aromatic heterocycles. The van der Waals surface area contributed by atoms with E-state index >= 15 is 0 Å². The Kier molecular flexibility index (Phi) is 4.61. The van der Waals surface area contributed by atoms with Gasteiger partial charge in [0.25, 0.3) is 0 Å². The molecule has 1 aromatic carbocycles. The zero-order valence-corrected chi connectivity index (χ0v) is 12.9. The SMILES string of the molecule is O=C1CCCCN1c1ccccc1/C(=N/O)N1CCCCC1. The second-order valence-electron chi connectivity index (χ2n) is 5.99. The summed E-state index contributed by atoms with van der Waals surface area (Å²) in [5.74, 6) is 0.753. The molecule has 2 saturated heterocycles. The van der Waals surface area contributed by atoms with Crippen LogP contribution in [0.3, 0.4) is 0 Å². The lowest BCUT2D eigenvalue weighted by atomic mass is 10.0. The van der Waals surface area contributed by atoms with Gasteiger partial charge in [-0.2, -0.15) is 0 Å². The number of piperidine rings is 2. The van der Waals surface area contributed by atoms with Crippen LogP contribution in [0, 0.1) is 0 Å². The van der Waals surface area contributed by atoms with E-state index in [-0.39, 0.29) is 5.91 Å². The van der Waals surface area contributed by atoms with Crippen LogP contribution in [-0.2, 0) is 4.79 Å². The zero-order chi connectivity index (χ0) is 15.4. The van der Waals surface area contributed by atoms with Crippen molar-refractivity contribution < 1.29 is 10.0 Å². The normalized spacial score (nSPS) is 20.4. The smallest absolute Gasteiger partial charge is 0.226 e. The summed E-state index contributed by atoms with van der Waals surface area (Å²) in [6, 6.07) is 7.77. The first-order chi connectivity index (χ1) is 10.8. The van der Waals surface area contributed by atoms with Crippen LogP contribution in [0.15, 0.2) is 29.4 Å². The highest BCUT2D eigenvalue weighted by Gasteiger charge is 2.26. The van der Waals surface area contributed by atoms with Crippen LogP contribution >= 0.6 is 0 Å². The van der Waals surface area contributed by atoms with Crippen LogP contribution in [0.5, 0.6) is 0 Å². The van der Waals surface area contributed by atoms with E-state index in [9.17, 15) is 10.0 Å². The van der Waals surface area contributed by atoms with Crippen LogP contribution in [0.4, 0.5) is 5.69 Å². The molecule has 0 aliphatic carbocycles. The lowest BCUT2D eigenvalue weighted by molar-refractivity contribution is -0.119. The minimum Gasteiger partial charge on any atom is -0.409 e. The summed E-state index contributed by atoms with van der Waals surface area (Å²) in [6.07, 6.45) is 6.04. The fraction of sp³-hybridized carbons (Fsp3) is 0.529. The molecule has 0 saturated carbocycles. The lowest BCUT2D eigenvalue weighted by Crippen LogP contribution is -2.40. The average Bonchev–Trinajstić information content (AvgIpc) is 2.58. The molecule has 0 spiro atoms. The molecular weight excluding hydrogens is 278 g/mol. The minimum atomic E-state index is 0.162. The quantitative estimate of drug-likeness (QED) is 0.395. The summed E-state index contributed by atoms with van der Waals surface area (Å²) in [5.41, 5.74) is 1.72. The number of oxime groups is 1. The number of amidine groups is 1. The molecule has 0 atom stereocenters. The Balaban J connectivity index is 1.94. The van der Waals surface area contributed by atoms with Crippen molar-refractivity contribution in [2.75, 3.05) is 24.5 Å². The van der Waals surface area contributed by atoms with Gasteiger partial charge < -0.3 is 15.0 Å². The van der Waals surface area contributed by atoms with E-state index in [4.69, 9.17) is 0 Å². The van der Waals surface area contributed by atoms with Crippen LogP contribution in [-0.4, -0.2) is 41.5 Å². The fourth-order valence-corrected chi connectivity index (χ4v) is 3.35. The zero-order valence-electron chi connectivity index (χ0n) is 12.9. The number of hydrogen-bond acceptors (Lipinski definition) is 3. The van der Waals surface area contributed by atoms with Gasteiger partial charge in [0, 0.05) is 31.6 Å². The Hall–Kier alpha value is -2.04. The lowest BCUT2D eigenvalue weighted by Gasteiger charge is -2.33. The van der Waals surface area contributed by atoms with E-state index in [0.29, 0.717) is 12.3 Å². The third-order valence-electron chi connectivity index (χ3n) is 4.51. The van der Waals surface area contributed by atoms with E-state index in [0.717, 1.165) is 56.6 Å². The maximum absolute atomic E-state index is 12.2. The van der Waals surface area contributed by atoms with Gasteiger partial charge in [-0.3, -0.25) is 4.79 Å². The van der Waals surface area contributed by atoms with Crippen LogP contribution in [0.25, 0.3) is 0 Å². The molecule has 1 N–H and O–H groups in total. The Morgan fingerprint density at radius 2 is 1.73 bits per heavy atom. The third-order valence-corrected chi connectivity index (χ3v) is 4.51. The fourth-order valence-electron chi connectivity index (χ4n) is 3.35. The summed E-state index contributed by atoms with van der Waals surface area (Å²) in [7, 11) is 0. The predicted octanol–water partition coefficient (Wildman–Crippen LogP) is 2.83. The van der Waals surface area contributed by atoms with Gasteiger partial charge in [-0.05, 0) is 44.2 Å². The van der Waals surface area contributed by atoms with Crippen molar-refractivity contribution in [2.24, 2.45) is 5.16 Å². The Labute approximate surface area is 131 Å². The Morgan fingerprint density at radius 3 is 2.45 bits per heavy atom. The molecule has 1 amide bonds. The molecule has 2 aliphatic heterocycles. The van der Waals surface area contributed by atoms with Gasteiger partial charge >= 0.3 is 0 Å². The maximum atomic E-state index is 12.2. The molecule has 0 unspecified atom stereocenters. The van der Waals surface area contributed by atoms with E-state index in [1.807, 2.05) is 29.2 Å². The molecule has 5 nitrogen and oxygen atoms in total.